The Balaban J connectivity index is 2.03. The van der Waals surface area contributed by atoms with Gasteiger partial charge in [0, 0.05) is 19.5 Å². The van der Waals surface area contributed by atoms with Crippen molar-refractivity contribution in [1.82, 2.24) is 15.5 Å². The van der Waals surface area contributed by atoms with Gasteiger partial charge in [0.25, 0.3) is 0 Å². The lowest BCUT2D eigenvalue weighted by atomic mass is 10.0. The SMILES string of the molecule is CCCCCC1CC(N[C@@H](CCCCNC(=O)OC(C)(C)C)C(=O)N2CCC[C@H]2C(=O)OC(C)(C)C)C(=O)O1. The molecule has 224 valence electrons. The molecule has 0 aromatic carbocycles. The van der Waals surface area contributed by atoms with Gasteiger partial charge in [-0.1, -0.05) is 19.8 Å². The number of carbonyl (C=O) groups is 4. The number of amides is 2. The van der Waals surface area contributed by atoms with Crippen molar-refractivity contribution in [2.75, 3.05) is 13.1 Å². The second kappa shape index (κ2) is 14.9. The van der Waals surface area contributed by atoms with E-state index in [1.54, 1.807) is 25.7 Å². The predicted octanol–water partition coefficient (Wildman–Crippen LogP) is 4.24. The Morgan fingerprint density at radius 2 is 1.72 bits per heavy atom. The molecule has 10 heteroatoms. The van der Waals surface area contributed by atoms with Gasteiger partial charge in [0.05, 0.1) is 6.04 Å². The van der Waals surface area contributed by atoms with Crippen LogP contribution in [0.4, 0.5) is 4.79 Å². The molecule has 2 amide bonds. The first-order valence-electron chi connectivity index (χ1n) is 14.7. The molecule has 0 spiro atoms. The Labute approximate surface area is 234 Å². The summed E-state index contributed by atoms with van der Waals surface area (Å²) in [6.45, 7) is 13.9. The van der Waals surface area contributed by atoms with Gasteiger partial charge >= 0.3 is 18.0 Å². The Bertz CT molecular complexity index is 834. The monoisotopic (exact) mass is 553 g/mol. The lowest BCUT2D eigenvalue weighted by Crippen LogP contribution is -2.54. The molecule has 4 atom stereocenters. The van der Waals surface area contributed by atoms with Gasteiger partial charge in [0.15, 0.2) is 0 Å². The van der Waals surface area contributed by atoms with Crippen molar-refractivity contribution in [1.29, 1.82) is 0 Å². The number of hydrogen-bond donors (Lipinski definition) is 2. The zero-order chi connectivity index (χ0) is 29.2. The van der Waals surface area contributed by atoms with Crippen LogP contribution in [0.1, 0.15) is 113 Å². The molecule has 2 unspecified atom stereocenters. The van der Waals surface area contributed by atoms with Crippen LogP contribution >= 0.6 is 0 Å². The summed E-state index contributed by atoms with van der Waals surface area (Å²) in [5.41, 5.74) is -1.22. The first kappa shape index (κ1) is 32.8. The number of alkyl carbamates (subject to hydrolysis) is 1. The molecular formula is C29H51N3O7. The summed E-state index contributed by atoms with van der Waals surface area (Å²) in [4.78, 5) is 52.8. The number of nitrogens with one attached hydrogen (secondary N) is 2. The summed E-state index contributed by atoms with van der Waals surface area (Å²) in [6.07, 6.45) is 6.90. The molecule has 2 aliphatic rings. The van der Waals surface area contributed by atoms with E-state index in [0.29, 0.717) is 51.6 Å². The molecule has 2 saturated heterocycles. The maximum atomic E-state index is 13.8. The van der Waals surface area contributed by atoms with Crippen molar-refractivity contribution in [3.63, 3.8) is 0 Å². The number of rotatable bonds is 13. The van der Waals surface area contributed by atoms with E-state index in [9.17, 15) is 19.2 Å². The van der Waals surface area contributed by atoms with Crippen LogP contribution < -0.4 is 10.6 Å². The van der Waals surface area contributed by atoms with Gasteiger partial charge < -0.3 is 24.4 Å². The highest BCUT2D eigenvalue weighted by atomic mass is 16.6. The van der Waals surface area contributed by atoms with Crippen LogP contribution in [0.3, 0.4) is 0 Å². The number of esters is 2. The second-order valence-electron chi connectivity index (χ2n) is 12.7. The Morgan fingerprint density at radius 1 is 1.03 bits per heavy atom. The topological polar surface area (TPSA) is 123 Å². The third kappa shape index (κ3) is 11.7. The molecule has 2 aliphatic heterocycles. The van der Waals surface area contributed by atoms with Crippen LogP contribution in [0.5, 0.6) is 0 Å². The maximum absolute atomic E-state index is 13.8. The fraction of sp³-hybridized carbons (Fsp3) is 0.862. The van der Waals surface area contributed by atoms with Crippen LogP contribution in [-0.2, 0) is 28.6 Å². The zero-order valence-electron chi connectivity index (χ0n) is 25.1. The molecule has 0 aliphatic carbocycles. The van der Waals surface area contributed by atoms with Gasteiger partial charge in [0.1, 0.15) is 29.4 Å². The Kier molecular flexibility index (Phi) is 12.5. The smallest absolute Gasteiger partial charge is 0.407 e. The first-order chi connectivity index (χ1) is 18.2. The molecule has 0 bridgehead atoms. The lowest BCUT2D eigenvalue weighted by Gasteiger charge is -2.31. The van der Waals surface area contributed by atoms with Gasteiger partial charge in [-0.3, -0.25) is 14.9 Å². The first-order valence-corrected chi connectivity index (χ1v) is 14.7. The average molecular weight is 554 g/mol. The molecule has 0 radical (unpaired) electrons. The Hall–Kier alpha value is -2.36. The molecule has 0 aromatic heterocycles. The third-order valence-corrected chi connectivity index (χ3v) is 6.70. The fourth-order valence-electron chi connectivity index (χ4n) is 4.93. The molecule has 0 saturated carbocycles. The standard InChI is InChI=1S/C29H51N3O7/c1-8-9-10-14-20-19-22(25(34)37-20)31-21(15-11-12-17-30-27(36)39-29(5,6)7)24(33)32-18-13-16-23(32)26(35)38-28(2,3)4/h20-23,31H,8-19H2,1-7H3,(H,30,36)/t20?,21-,22?,23-/m0/s1. The molecule has 10 nitrogen and oxygen atoms in total. The van der Waals surface area contributed by atoms with E-state index < -0.39 is 41.4 Å². The molecule has 2 N–H and O–H groups in total. The summed E-state index contributed by atoms with van der Waals surface area (Å²) in [5, 5.41) is 6.01. The molecular weight excluding hydrogens is 502 g/mol. The van der Waals surface area contributed by atoms with Crippen LogP contribution in [0.15, 0.2) is 0 Å². The molecule has 2 heterocycles. The van der Waals surface area contributed by atoms with Gasteiger partial charge in [-0.2, -0.15) is 0 Å². The number of carbonyl (C=O) groups excluding carboxylic acids is 4. The number of ether oxygens (including phenoxy) is 3. The van der Waals surface area contributed by atoms with Crippen LogP contribution in [0.2, 0.25) is 0 Å². The lowest BCUT2D eigenvalue weighted by molar-refractivity contribution is -0.163. The maximum Gasteiger partial charge on any atom is 0.407 e. The third-order valence-electron chi connectivity index (χ3n) is 6.70. The van der Waals surface area contributed by atoms with Gasteiger partial charge in [0.2, 0.25) is 5.91 Å². The second-order valence-corrected chi connectivity index (χ2v) is 12.7. The minimum atomic E-state index is -0.651. The Morgan fingerprint density at radius 3 is 2.36 bits per heavy atom. The average Bonchev–Trinajstić information content (AvgIpc) is 3.42. The van der Waals surface area contributed by atoms with Crippen molar-refractivity contribution in [2.24, 2.45) is 0 Å². The van der Waals surface area contributed by atoms with Gasteiger partial charge in [-0.25, -0.2) is 9.59 Å². The van der Waals surface area contributed by atoms with Crippen molar-refractivity contribution >= 4 is 23.9 Å². The quantitative estimate of drug-likeness (QED) is 0.197. The highest BCUT2D eigenvalue weighted by molar-refractivity contribution is 5.89. The fourth-order valence-corrected chi connectivity index (χ4v) is 4.93. The van der Waals surface area contributed by atoms with E-state index >= 15 is 0 Å². The number of nitrogens with zero attached hydrogens (tertiary/aromatic N) is 1. The number of hydrogen-bond acceptors (Lipinski definition) is 8. The molecule has 2 rings (SSSR count). The van der Waals surface area contributed by atoms with Crippen LogP contribution in [-0.4, -0.2) is 77.4 Å². The minimum Gasteiger partial charge on any atom is -0.461 e. The highest BCUT2D eigenvalue weighted by Gasteiger charge is 2.42. The molecule has 0 aromatic rings. The van der Waals surface area contributed by atoms with E-state index in [1.165, 1.54) is 0 Å². The van der Waals surface area contributed by atoms with Crippen molar-refractivity contribution in [3.05, 3.63) is 0 Å². The largest absolute Gasteiger partial charge is 0.461 e. The molecule has 2 fully saturated rings. The van der Waals surface area contributed by atoms with Crippen LogP contribution in [0, 0.1) is 0 Å². The van der Waals surface area contributed by atoms with Crippen molar-refractivity contribution < 1.29 is 33.4 Å². The highest BCUT2D eigenvalue weighted by Crippen LogP contribution is 2.25. The normalized spacial score (nSPS) is 22.4. The van der Waals surface area contributed by atoms with Crippen molar-refractivity contribution in [3.8, 4) is 0 Å². The van der Waals surface area contributed by atoms with E-state index in [-0.39, 0.29) is 18.0 Å². The summed E-state index contributed by atoms with van der Waals surface area (Å²) >= 11 is 0. The van der Waals surface area contributed by atoms with E-state index in [0.717, 1.165) is 25.7 Å². The zero-order valence-corrected chi connectivity index (χ0v) is 25.1. The van der Waals surface area contributed by atoms with E-state index in [4.69, 9.17) is 14.2 Å². The van der Waals surface area contributed by atoms with E-state index in [1.807, 2.05) is 20.8 Å². The van der Waals surface area contributed by atoms with Gasteiger partial charge in [-0.15, -0.1) is 0 Å². The van der Waals surface area contributed by atoms with Crippen molar-refractivity contribution in [2.45, 2.75) is 148 Å². The minimum absolute atomic E-state index is 0.142. The molecule has 39 heavy (non-hydrogen) atoms. The summed E-state index contributed by atoms with van der Waals surface area (Å²) in [7, 11) is 0. The van der Waals surface area contributed by atoms with Gasteiger partial charge in [-0.05, 0) is 86.5 Å². The number of unbranched alkanes of at least 4 members (excludes halogenated alkanes) is 3. The van der Waals surface area contributed by atoms with E-state index in [2.05, 4.69) is 17.6 Å². The summed E-state index contributed by atoms with van der Waals surface area (Å²) in [6, 6.07) is -1.85. The summed E-state index contributed by atoms with van der Waals surface area (Å²) in [5.74, 6) is -0.929. The number of cyclic esters (lactones) is 1. The number of likely N-dealkylation sites (tertiary alicyclic amines) is 1. The predicted molar refractivity (Wildman–Crippen MR) is 148 cm³/mol. The van der Waals surface area contributed by atoms with Crippen LogP contribution in [0.25, 0.3) is 0 Å². The summed E-state index contributed by atoms with van der Waals surface area (Å²) < 4.78 is 16.4.